The van der Waals surface area contributed by atoms with Gasteiger partial charge in [0.15, 0.2) is 6.39 Å². The SMILES string of the molecule is C[C@H](NCc1cnco1)C1CCCCC1. The summed E-state index contributed by atoms with van der Waals surface area (Å²) in [7, 11) is 0. The molecule has 3 heteroatoms. The van der Waals surface area contributed by atoms with Crippen molar-refractivity contribution in [1.29, 1.82) is 0 Å². The van der Waals surface area contributed by atoms with Crippen LogP contribution in [-0.4, -0.2) is 11.0 Å². The van der Waals surface area contributed by atoms with Crippen molar-refractivity contribution in [1.82, 2.24) is 10.3 Å². The minimum absolute atomic E-state index is 0.593. The Morgan fingerprint density at radius 3 is 2.93 bits per heavy atom. The number of nitrogens with one attached hydrogen (secondary N) is 1. The Hall–Kier alpha value is -0.830. The molecule has 1 atom stereocenters. The first-order valence-electron chi connectivity index (χ1n) is 5.97. The van der Waals surface area contributed by atoms with Crippen LogP contribution in [0.2, 0.25) is 0 Å². The summed E-state index contributed by atoms with van der Waals surface area (Å²) >= 11 is 0. The average Bonchev–Trinajstić information content (AvgIpc) is 2.80. The molecular weight excluding hydrogens is 188 g/mol. The predicted octanol–water partition coefficient (Wildman–Crippen LogP) is 2.73. The number of rotatable bonds is 4. The third kappa shape index (κ3) is 3.06. The van der Waals surface area contributed by atoms with Crippen LogP contribution in [0.3, 0.4) is 0 Å². The maximum Gasteiger partial charge on any atom is 0.180 e. The minimum Gasteiger partial charge on any atom is -0.447 e. The summed E-state index contributed by atoms with van der Waals surface area (Å²) in [5, 5.41) is 3.52. The summed E-state index contributed by atoms with van der Waals surface area (Å²) in [5.74, 6) is 1.78. The molecule has 0 saturated heterocycles. The zero-order valence-corrected chi connectivity index (χ0v) is 9.41. The second kappa shape index (κ2) is 5.31. The Morgan fingerprint density at radius 1 is 1.47 bits per heavy atom. The summed E-state index contributed by atoms with van der Waals surface area (Å²) in [4.78, 5) is 3.91. The second-order valence-electron chi connectivity index (χ2n) is 4.54. The van der Waals surface area contributed by atoms with Crippen LogP contribution in [0.25, 0.3) is 0 Å². The molecule has 1 N–H and O–H groups in total. The minimum atomic E-state index is 0.593. The zero-order valence-electron chi connectivity index (χ0n) is 9.41. The quantitative estimate of drug-likeness (QED) is 0.826. The molecule has 1 aromatic heterocycles. The maximum atomic E-state index is 5.20. The van der Waals surface area contributed by atoms with E-state index in [2.05, 4.69) is 17.2 Å². The molecule has 1 fully saturated rings. The van der Waals surface area contributed by atoms with E-state index in [0.717, 1.165) is 18.2 Å². The van der Waals surface area contributed by atoms with E-state index in [-0.39, 0.29) is 0 Å². The molecule has 0 bridgehead atoms. The lowest BCUT2D eigenvalue weighted by Crippen LogP contribution is -2.34. The highest BCUT2D eigenvalue weighted by atomic mass is 16.3. The highest BCUT2D eigenvalue weighted by molar-refractivity contribution is 4.88. The first-order valence-corrected chi connectivity index (χ1v) is 5.97. The molecule has 0 radical (unpaired) electrons. The lowest BCUT2D eigenvalue weighted by Gasteiger charge is -2.28. The first-order chi connectivity index (χ1) is 7.36. The summed E-state index contributed by atoms with van der Waals surface area (Å²) in [6, 6.07) is 0.593. The number of oxazole rings is 1. The van der Waals surface area contributed by atoms with E-state index in [4.69, 9.17) is 4.42 Å². The van der Waals surface area contributed by atoms with Crippen LogP contribution < -0.4 is 5.32 Å². The third-order valence-electron chi connectivity index (χ3n) is 3.44. The molecule has 15 heavy (non-hydrogen) atoms. The van der Waals surface area contributed by atoms with Crippen molar-refractivity contribution in [3.05, 3.63) is 18.4 Å². The summed E-state index contributed by atoms with van der Waals surface area (Å²) < 4.78 is 5.20. The Bertz CT molecular complexity index is 265. The molecular formula is C12H20N2O. The van der Waals surface area contributed by atoms with Crippen LogP contribution in [-0.2, 0) is 6.54 Å². The van der Waals surface area contributed by atoms with E-state index in [9.17, 15) is 0 Å². The van der Waals surface area contributed by atoms with Crippen molar-refractivity contribution in [3.63, 3.8) is 0 Å². The molecule has 0 spiro atoms. The molecule has 84 valence electrons. The molecule has 1 saturated carbocycles. The van der Waals surface area contributed by atoms with Crippen molar-refractivity contribution in [2.45, 2.75) is 51.6 Å². The topological polar surface area (TPSA) is 38.1 Å². The van der Waals surface area contributed by atoms with Crippen LogP contribution in [0.15, 0.2) is 17.0 Å². The highest BCUT2D eigenvalue weighted by Crippen LogP contribution is 2.26. The van der Waals surface area contributed by atoms with Gasteiger partial charge < -0.3 is 9.73 Å². The van der Waals surface area contributed by atoms with E-state index in [1.807, 2.05) is 0 Å². The summed E-state index contributed by atoms with van der Waals surface area (Å²) in [6.45, 7) is 3.09. The van der Waals surface area contributed by atoms with Crippen molar-refractivity contribution >= 4 is 0 Å². The predicted molar refractivity (Wildman–Crippen MR) is 59.4 cm³/mol. The third-order valence-corrected chi connectivity index (χ3v) is 3.44. The molecule has 1 heterocycles. The Labute approximate surface area is 91.3 Å². The summed E-state index contributed by atoms with van der Waals surface area (Å²) in [6.07, 6.45) is 10.3. The van der Waals surface area contributed by atoms with E-state index in [1.54, 1.807) is 6.20 Å². The van der Waals surface area contributed by atoms with E-state index >= 15 is 0 Å². The fraction of sp³-hybridized carbons (Fsp3) is 0.750. The zero-order chi connectivity index (χ0) is 10.5. The molecule has 0 unspecified atom stereocenters. The molecule has 1 aliphatic rings. The molecule has 0 amide bonds. The lowest BCUT2D eigenvalue weighted by atomic mass is 9.84. The van der Waals surface area contributed by atoms with Crippen molar-refractivity contribution in [2.24, 2.45) is 5.92 Å². The van der Waals surface area contributed by atoms with Gasteiger partial charge in [-0.05, 0) is 25.7 Å². The van der Waals surface area contributed by atoms with Crippen LogP contribution in [0, 0.1) is 5.92 Å². The van der Waals surface area contributed by atoms with Gasteiger partial charge in [0.2, 0.25) is 0 Å². The number of aromatic nitrogens is 1. The molecule has 3 nitrogen and oxygen atoms in total. The van der Waals surface area contributed by atoms with E-state index in [0.29, 0.717) is 6.04 Å². The smallest absolute Gasteiger partial charge is 0.180 e. The average molecular weight is 208 g/mol. The molecule has 2 rings (SSSR count). The van der Waals surface area contributed by atoms with Crippen LogP contribution >= 0.6 is 0 Å². The van der Waals surface area contributed by atoms with Crippen molar-refractivity contribution in [3.8, 4) is 0 Å². The number of hydrogen-bond donors (Lipinski definition) is 1. The normalized spacial score (nSPS) is 20.3. The fourth-order valence-corrected chi connectivity index (χ4v) is 2.39. The van der Waals surface area contributed by atoms with Crippen LogP contribution in [0.4, 0.5) is 0 Å². The van der Waals surface area contributed by atoms with Gasteiger partial charge in [0, 0.05) is 6.04 Å². The Balaban J connectivity index is 1.74. The standard InChI is InChI=1S/C12H20N2O/c1-10(11-5-3-2-4-6-11)14-8-12-7-13-9-15-12/h7,9-11,14H,2-6,8H2,1H3/t10-/m0/s1. The largest absolute Gasteiger partial charge is 0.447 e. The van der Waals surface area contributed by atoms with Gasteiger partial charge in [0.25, 0.3) is 0 Å². The monoisotopic (exact) mass is 208 g/mol. The summed E-state index contributed by atoms with van der Waals surface area (Å²) in [5.41, 5.74) is 0. The number of nitrogens with zero attached hydrogens (tertiary/aromatic N) is 1. The van der Waals surface area contributed by atoms with Crippen LogP contribution in [0.5, 0.6) is 0 Å². The second-order valence-corrected chi connectivity index (χ2v) is 4.54. The Morgan fingerprint density at radius 2 is 2.27 bits per heavy atom. The van der Waals surface area contributed by atoms with Gasteiger partial charge in [0.1, 0.15) is 5.76 Å². The van der Waals surface area contributed by atoms with Crippen molar-refractivity contribution in [2.75, 3.05) is 0 Å². The Kier molecular flexibility index (Phi) is 3.78. The van der Waals surface area contributed by atoms with Gasteiger partial charge in [-0.25, -0.2) is 4.98 Å². The van der Waals surface area contributed by atoms with Gasteiger partial charge in [-0.3, -0.25) is 0 Å². The van der Waals surface area contributed by atoms with Gasteiger partial charge >= 0.3 is 0 Å². The highest BCUT2D eigenvalue weighted by Gasteiger charge is 2.19. The molecule has 0 aromatic carbocycles. The van der Waals surface area contributed by atoms with Gasteiger partial charge in [-0.2, -0.15) is 0 Å². The lowest BCUT2D eigenvalue weighted by molar-refractivity contribution is 0.275. The van der Waals surface area contributed by atoms with Crippen molar-refractivity contribution < 1.29 is 4.42 Å². The number of hydrogen-bond acceptors (Lipinski definition) is 3. The van der Waals surface area contributed by atoms with E-state index in [1.165, 1.54) is 38.5 Å². The first kappa shape index (κ1) is 10.7. The molecule has 1 aromatic rings. The van der Waals surface area contributed by atoms with Gasteiger partial charge in [-0.15, -0.1) is 0 Å². The van der Waals surface area contributed by atoms with E-state index < -0.39 is 0 Å². The maximum absolute atomic E-state index is 5.20. The van der Waals surface area contributed by atoms with Crippen LogP contribution in [0.1, 0.15) is 44.8 Å². The van der Waals surface area contributed by atoms with Gasteiger partial charge in [-0.1, -0.05) is 19.3 Å². The molecule has 0 aliphatic heterocycles. The molecule has 1 aliphatic carbocycles. The fourth-order valence-electron chi connectivity index (χ4n) is 2.39. The van der Waals surface area contributed by atoms with Gasteiger partial charge in [0.05, 0.1) is 12.7 Å².